The third-order valence-electron chi connectivity index (χ3n) is 3.44. The van der Waals surface area contributed by atoms with E-state index in [1.807, 2.05) is 32.7 Å². The lowest BCUT2D eigenvalue weighted by molar-refractivity contribution is 0.00849. The summed E-state index contributed by atoms with van der Waals surface area (Å²) in [6, 6.07) is 3.36. The van der Waals surface area contributed by atoms with Crippen LogP contribution in [0.4, 0.5) is 10.5 Å². The molecule has 7 heteroatoms. The third kappa shape index (κ3) is 3.66. The van der Waals surface area contributed by atoms with Crippen LogP contribution in [0.25, 0.3) is 0 Å². The van der Waals surface area contributed by atoms with Gasteiger partial charge in [-0.3, -0.25) is 0 Å². The highest BCUT2D eigenvalue weighted by atomic mass is 16.6. The van der Waals surface area contributed by atoms with Crippen LogP contribution in [0.15, 0.2) is 18.3 Å². The molecular formula is C15H21N3O4. The number of likely N-dealkylation sites (N-methyl/N-ethyl adjacent to an activating group) is 1. The molecular weight excluding hydrogens is 286 g/mol. The van der Waals surface area contributed by atoms with Crippen LogP contribution in [0.1, 0.15) is 31.3 Å². The van der Waals surface area contributed by atoms with Crippen LogP contribution in [-0.2, 0) is 4.74 Å². The second-order valence-electron chi connectivity index (χ2n) is 6.36. The molecule has 22 heavy (non-hydrogen) atoms. The van der Waals surface area contributed by atoms with E-state index in [4.69, 9.17) is 9.84 Å². The zero-order valence-corrected chi connectivity index (χ0v) is 13.2. The highest BCUT2D eigenvalue weighted by Crippen LogP contribution is 2.22. The van der Waals surface area contributed by atoms with Crippen molar-refractivity contribution in [2.45, 2.75) is 32.4 Å². The van der Waals surface area contributed by atoms with E-state index in [1.165, 1.54) is 12.3 Å². The molecule has 0 aliphatic carbocycles. The molecule has 120 valence electrons. The molecule has 0 spiro atoms. The maximum atomic E-state index is 11.9. The first-order valence-electron chi connectivity index (χ1n) is 7.07. The normalized spacial score (nSPS) is 15.2. The Bertz CT molecular complexity index is 559. The topological polar surface area (TPSA) is 83.0 Å². The lowest BCUT2D eigenvalue weighted by atomic mass is 10.1. The van der Waals surface area contributed by atoms with Crippen LogP contribution >= 0.6 is 0 Å². The average molecular weight is 307 g/mol. The second-order valence-corrected chi connectivity index (χ2v) is 6.36. The lowest BCUT2D eigenvalue weighted by Crippen LogP contribution is -2.61. The standard InChI is InChI=1S/C15H21N3O4/c1-15(2,3)22-14(21)18-8-11(9-18)17(4)10-5-6-12(13(19)20)16-7-10/h5-7,11H,8-9H2,1-4H3,(H,19,20). The van der Waals surface area contributed by atoms with E-state index in [1.54, 1.807) is 11.0 Å². The lowest BCUT2D eigenvalue weighted by Gasteiger charge is -2.44. The Kier molecular flexibility index (Phi) is 4.25. The fraction of sp³-hybridized carbons (Fsp3) is 0.533. The molecule has 1 aliphatic rings. The van der Waals surface area contributed by atoms with Crippen molar-refractivity contribution in [3.8, 4) is 0 Å². The van der Waals surface area contributed by atoms with Crippen molar-refractivity contribution >= 4 is 17.7 Å². The minimum atomic E-state index is -1.05. The SMILES string of the molecule is CN(c1ccc(C(=O)O)nc1)C1CN(C(=O)OC(C)(C)C)C1. The minimum absolute atomic E-state index is 0.0149. The highest BCUT2D eigenvalue weighted by Gasteiger charge is 2.36. The van der Waals surface area contributed by atoms with Gasteiger partial charge in [0.25, 0.3) is 0 Å². The third-order valence-corrected chi connectivity index (χ3v) is 3.44. The summed E-state index contributed by atoms with van der Waals surface area (Å²) in [5.41, 5.74) is 0.338. The van der Waals surface area contributed by atoms with Crippen molar-refractivity contribution in [1.82, 2.24) is 9.88 Å². The van der Waals surface area contributed by atoms with Crippen LogP contribution in [0, 0.1) is 0 Å². The Morgan fingerprint density at radius 3 is 2.45 bits per heavy atom. The predicted molar refractivity (Wildman–Crippen MR) is 81.2 cm³/mol. The number of pyridine rings is 1. The Labute approximate surface area is 129 Å². The summed E-state index contributed by atoms with van der Waals surface area (Å²) in [6.45, 7) is 6.66. The van der Waals surface area contributed by atoms with Gasteiger partial charge < -0.3 is 19.6 Å². The Morgan fingerprint density at radius 1 is 1.36 bits per heavy atom. The first kappa shape index (κ1) is 16.1. The molecule has 1 fully saturated rings. The zero-order valence-electron chi connectivity index (χ0n) is 13.2. The molecule has 1 aliphatic heterocycles. The van der Waals surface area contributed by atoms with E-state index < -0.39 is 11.6 Å². The quantitative estimate of drug-likeness (QED) is 0.917. The molecule has 2 rings (SSSR count). The monoisotopic (exact) mass is 307 g/mol. The Hall–Kier alpha value is -2.31. The highest BCUT2D eigenvalue weighted by molar-refractivity contribution is 5.85. The van der Waals surface area contributed by atoms with Crippen molar-refractivity contribution in [3.05, 3.63) is 24.0 Å². The van der Waals surface area contributed by atoms with Gasteiger partial charge in [-0.2, -0.15) is 0 Å². The fourth-order valence-electron chi connectivity index (χ4n) is 2.11. The summed E-state index contributed by atoms with van der Waals surface area (Å²) in [6.07, 6.45) is 1.22. The maximum Gasteiger partial charge on any atom is 0.410 e. The van der Waals surface area contributed by atoms with Crippen molar-refractivity contribution in [2.24, 2.45) is 0 Å². The number of hydrogen-bond donors (Lipinski definition) is 1. The number of carbonyl (C=O) groups excluding carboxylic acids is 1. The summed E-state index contributed by atoms with van der Waals surface area (Å²) in [5, 5.41) is 8.84. The van der Waals surface area contributed by atoms with E-state index in [9.17, 15) is 9.59 Å². The molecule has 1 saturated heterocycles. The number of amides is 1. The number of carboxylic acids is 1. The van der Waals surface area contributed by atoms with Gasteiger partial charge in [0, 0.05) is 20.1 Å². The van der Waals surface area contributed by atoms with Crippen LogP contribution in [0.2, 0.25) is 0 Å². The summed E-state index contributed by atoms with van der Waals surface area (Å²) >= 11 is 0. The summed E-state index contributed by atoms with van der Waals surface area (Å²) in [5.74, 6) is -1.05. The van der Waals surface area contributed by atoms with Gasteiger partial charge >= 0.3 is 12.1 Å². The molecule has 0 unspecified atom stereocenters. The van der Waals surface area contributed by atoms with Gasteiger partial charge in [0.1, 0.15) is 11.3 Å². The van der Waals surface area contributed by atoms with Crippen LogP contribution in [-0.4, -0.2) is 58.8 Å². The Balaban J connectivity index is 1.90. The van der Waals surface area contributed by atoms with Crippen LogP contribution < -0.4 is 4.90 Å². The molecule has 1 aromatic heterocycles. The van der Waals surface area contributed by atoms with Crippen LogP contribution in [0.5, 0.6) is 0 Å². The molecule has 0 saturated carbocycles. The average Bonchev–Trinajstić information content (AvgIpc) is 2.34. The molecule has 0 bridgehead atoms. The van der Waals surface area contributed by atoms with Gasteiger partial charge in [-0.05, 0) is 32.9 Å². The number of nitrogens with zero attached hydrogens (tertiary/aromatic N) is 3. The molecule has 1 N–H and O–H groups in total. The van der Waals surface area contributed by atoms with Gasteiger partial charge in [-0.25, -0.2) is 14.6 Å². The predicted octanol–water partition coefficient (Wildman–Crippen LogP) is 1.84. The fourth-order valence-corrected chi connectivity index (χ4v) is 2.11. The number of carbonyl (C=O) groups is 2. The largest absolute Gasteiger partial charge is 0.477 e. The van der Waals surface area contributed by atoms with Gasteiger partial charge in [-0.15, -0.1) is 0 Å². The van der Waals surface area contributed by atoms with E-state index in [0.717, 1.165) is 5.69 Å². The molecule has 7 nitrogen and oxygen atoms in total. The summed E-state index contributed by atoms with van der Waals surface area (Å²) in [4.78, 5) is 30.2. The van der Waals surface area contributed by atoms with Crippen molar-refractivity contribution < 1.29 is 19.4 Å². The van der Waals surface area contributed by atoms with E-state index >= 15 is 0 Å². The smallest absolute Gasteiger partial charge is 0.410 e. The van der Waals surface area contributed by atoms with E-state index in [0.29, 0.717) is 13.1 Å². The van der Waals surface area contributed by atoms with E-state index in [2.05, 4.69) is 4.98 Å². The number of anilines is 1. The molecule has 0 atom stereocenters. The van der Waals surface area contributed by atoms with Gasteiger partial charge in [-0.1, -0.05) is 0 Å². The number of carboxylic acid groups (broad SMARTS) is 1. The number of rotatable bonds is 3. The van der Waals surface area contributed by atoms with Gasteiger partial charge in [0.05, 0.1) is 17.9 Å². The number of aromatic nitrogens is 1. The second kappa shape index (κ2) is 5.82. The number of aromatic carboxylic acids is 1. The van der Waals surface area contributed by atoms with Crippen molar-refractivity contribution in [2.75, 3.05) is 25.0 Å². The number of ether oxygens (including phenoxy) is 1. The minimum Gasteiger partial charge on any atom is -0.477 e. The van der Waals surface area contributed by atoms with Crippen molar-refractivity contribution in [1.29, 1.82) is 0 Å². The maximum absolute atomic E-state index is 11.9. The van der Waals surface area contributed by atoms with Gasteiger partial charge in [0.15, 0.2) is 0 Å². The summed E-state index contributed by atoms with van der Waals surface area (Å²) in [7, 11) is 1.90. The first-order valence-corrected chi connectivity index (χ1v) is 7.07. The number of likely N-dealkylation sites (tertiary alicyclic amines) is 1. The van der Waals surface area contributed by atoms with Gasteiger partial charge in [0.2, 0.25) is 0 Å². The summed E-state index contributed by atoms with van der Waals surface area (Å²) < 4.78 is 5.31. The van der Waals surface area contributed by atoms with Crippen LogP contribution in [0.3, 0.4) is 0 Å². The molecule has 1 amide bonds. The van der Waals surface area contributed by atoms with Crippen molar-refractivity contribution in [3.63, 3.8) is 0 Å². The van der Waals surface area contributed by atoms with E-state index in [-0.39, 0.29) is 17.8 Å². The number of hydrogen-bond acceptors (Lipinski definition) is 5. The molecule has 1 aromatic rings. The molecule has 2 heterocycles. The Morgan fingerprint density at radius 2 is 2.00 bits per heavy atom. The first-order chi connectivity index (χ1) is 10.2. The molecule has 0 aromatic carbocycles. The zero-order chi connectivity index (χ0) is 16.5. The molecule has 0 radical (unpaired) electrons.